The zero-order chi connectivity index (χ0) is 12.3. The Morgan fingerprint density at radius 2 is 1.75 bits per heavy atom. The van der Waals surface area contributed by atoms with E-state index in [0.717, 1.165) is 0 Å². The lowest BCUT2D eigenvalue weighted by Crippen LogP contribution is -1.98. The average Bonchev–Trinajstić information content (AvgIpc) is 2.20. The minimum absolute atomic E-state index is 0.591. The van der Waals surface area contributed by atoms with Crippen LogP contribution in [0.4, 0.5) is 0 Å². The maximum absolute atomic E-state index is 2.33. The molecule has 0 bridgehead atoms. The van der Waals surface area contributed by atoms with Crippen molar-refractivity contribution >= 4 is 5.57 Å². The van der Waals surface area contributed by atoms with Gasteiger partial charge in [-0.3, -0.25) is 0 Å². The van der Waals surface area contributed by atoms with Crippen LogP contribution in [0, 0.1) is 12.8 Å². The van der Waals surface area contributed by atoms with E-state index in [1.54, 1.807) is 0 Å². The van der Waals surface area contributed by atoms with Crippen molar-refractivity contribution in [2.24, 2.45) is 5.92 Å². The molecule has 16 heavy (non-hydrogen) atoms. The number of allylic oxidation sites excluding steroid dienone is 2. The van der Waals surface area contributed by atoms with Crippen LogP contribution in [0.1, 0.15) is 57.2 Å². The molecule has 0 radical (unpaired) electrons. The summed E-state index contributed by atoms with van der Waals surface area (Å²) in [7, 11) is 0. The van der Waals surface area contributed by atoms with Gasteiger partial charge in [0.1, 0.15) is 0 Å². The Bertz CT molecular complexity index is 381. The van der Waals surface area contributed by atoms with Crippen LogP contribution in [0.25, 0.3) is 5.57 Å². The first kappa shape index (κ1) is 13.0. The minimum atomic E-state index is 0.591. The van der Waals surface area contributed by atoms with Crippen molar-refractivity contribution in [2.45, 2.75) is 47.5 Å². The van der Waals surface area contributed by atoms with Gasteiger partial charge in [-0.15, -0.1) is 0 Å². The van der Waals surface area contributed by atoms with E-state index < -0.39 is 0 Å². The van der Waals surface area contributed by atoms with E-state index in [9.17, 15) is 0 Å². The van der Waals surface area contributed by atoms with Gasteiger partial charge in [-0.2, -0.15) is 0 Å². The zero-order valence-electron chi connectivity index (χ0n) is 11.5. The lowest BCUT2D eigenvalue weighted by Gasteiger charge is -2.16. The van der Waals surface area contributed by atoms with Crippen LogP contribution in [-0.4, -0.2) is 0 Å². The highest BCUT2D eigenvalue weighted by atomic mass is 14.1. The van der Waals surface area contributed by atoms with Gasteiger partial charge in [-0.05, 0) is 47.9 Å². The highest BCUT2D eigenvalue weighted by Gasteiger charge is 2.09. The normalized spacial score (nSPS) is 12.6. The van der Waals surface area contributed by atoms with Gasteiger partial charge in [0.2, 0.25) is 0 Å². The number of hydrogen-bond donors (Lipinski definition) is 0. The average molecular weight is 216 g/mol. The van der Waals surface area contributed by atoms with Gasteiger partial charge in [0, 0.05) is 0 Å². The molecule has 0 aliphatic heterocycles. The van der Waals surface area contributed by atoms with E-state index in [1.807, 2.05) is 0 Å². The molecule has 0 nitrogen and oxygen atoms in total. The molecule has 0 saturated heterocycles. The molecule has 0 saturated carbocycles. The lowest BCUT2D eigenvalue weighted by atomic mass is 9.89. The highest BCUT2D eigenvalue weighted by Crippen LogP contribution is 2.28. The lowest BCUT2D eigenvalue weighted by molar-refractivity contribution is 0.847. The van der Waals surface area contributed by atoms with Crippen LogP contribution in [0.3, 0.4) is 0 Å². The first-order valence-corrected chi connectivity index (χ1v) is 6.24. The van der Waals surface area contributed by atoms with Crippen LogP contribution in [0.5, 0.6) is 0 Å². The Morgan fingerprint density at radius 3 is 2.12 bits per heavy atom. The van der Waals surface area contributed by atoms with Gasteiger partial charge >= 0.3 is 0 Å². The standard InChI is InChI=1S/C16H24/c1-7-15(12(4)5)16-9-8-14(11(2)3)10-13(16)6/h7-12H,1-6H3/b15-7-. The molecule has 0 aliphatic rings. The summed E-state index contributed by atoms with van der Waals surface area (Å²) in [6, 6.07) is 6.87. The molecule has 0 amide bonds. The topological polar surface area (TPSA) is 0 Å². The summed E-state index contributed by atoms with van der Waals surface area (Å²) < 4.78 is 0. The predicted octanol–water partition coefficient (Wildman–Crippen LogP) is 5.18. The summed E-state index contributed by atoms with van der Waals surface area (Å²) in [5, 5.41) is 0. The van der Waals surface area contributed by atoms with Crippen LogP contribution in [0.2, 0.25) is 0 Å². The van der Waals surface area contributed by atoms with Crippen molar-refractivity contribution < 1.29 is 0 Å². The van der Waals surface area contributed by atoms with Gasteiger partial charge in [0.25, 0.3) is 0 Å². The molecule has 0 atom stereocenters. The molecule has 0 unspecified atom stereocenters. The van der Waals surface area contributed by atoms with Gasteiger partial charge in [-0.1, -0.05) is 52.0 Å². The maximum Gasteiger partial charge on any atom is -0.0196 e. The van der Waals surface area contributed by atoms with Crippen LogP contribution in [0.15, 0.2) is 24.3 Å². The van der Waals surface area contributed by atoms with Gasteiger partial charge in [0.05, 0.1) is 0 Å². The molecule has 0 heterocycles. The molecule has 1 aromatic carbocycles. The van der Waals surface area contributed by atoms with Crippen molar-refractivity contribution in [3.05, 3.63) is 41.0 Å². The summed E-state index contributed by atoms with van der Waals surface area (Å²) in [4.78, 5) is 0. The molecule has 0 N–H and O–H groups in total. The van der Waals surface area contributed by atoms with Crippen molar-refractivity contribution in [3.63, 3.8) is 0 Å². The van der Waals surface area contributed by atoms with E-state index in [-0.39, 0.29) is 0 Å². The molecular formula is C16H24. The second-order valence-electron chi connectivity index (χ2n) is 5.13. The van der Waals surface area contributed by atoms with Gasteiger partial charge in [0.15, 0.2) is 0 Å². The summed E-state index contributed by atoms with van der Waals surface area (Å²) in [6.07, 6.45) is 2.24. The SMILES string of the molecule is C/C=C(\c1ccc(C(C)C)cc1C)C(C)C. The summed E-state index contributed by atoms with van der Waals surface area (Å²) in [6.45, 7) is 13.3. The van der Waals surface area contributed by atoms with Gasteiger partial charge in [-0.25, -0.2) is 0 Å². The summed E-state index contributed by atoms with van der Waals surface area (Å²) in [5.74, 6) is 1.20. The van der Waals surface area contributed by atoms with Gasteiger partial charge < -0.3 is 0 Å². The first-order chi connectivity index (χ1) is 7.47. The quantitative estimate of drug-likeness (QED) is 0.653. The fourth-order valence-electron chi connectivity index (χ4n) is 2.17. The molecule has 0 spiro atoms. The Labute approximate surface area is 100 Å². The molecule has 1 aromatic rings. The molecule has 0 heteroatoms. The van der Waals surface area contributed by atoms with Crippen LogP contribution < -0.4 is 0 Å². The number of aryl methyl sites for hydroxylation is 1. The smallest absolute Gasteiger partial charge is 0.0196 e. The Morgan fingerprint density at radius 1 is 1.12 bits per heavy atom. The second-order valence-corrected chi connectivity index (χ2v) is 5.13. The fourth-order valence-corrected chi connectivity index (χ4v) is 2.17. The monoisotopic (exact) mass is 216 g/mol. The third kappa shape index (κ3) is 2.75. The minimum Gasteiger partial charge on any atom is -0.0836 e. The van der Waals surface area contributed by atoms with Crippen LogP contribution >= 0.6 is 0 Å². The largest absolute Gasteiger partial charge is 0.0836 e. The van der Waals surface area contributed by atoms with E-state index in [0.29, 0.717) is 11.8 Å². The van der Waals surface area contributed by atoms with Crippen molar-refractivity contribution in [1.29, 1.82) is 0 Å². The predicted molar refractivity (Wildman–Crippen MR) is 73.8 cm³/mol. The van der Waals surface area contributed by atoms with Crippen molar-refractivity contribution in [2.75, 3.05) is 0 Å². The molecule has 88 valence electrons. The third-order valence-corrected chi connectivity index (χ3v) is 3.16. The molecule has 0 aliphatic carbocycles. The van der Waals surface area contributed by atoms with Crippen molar-refractivity contribution in [1.82, 2.24) is 0 Å². The van der Waals surface area contributed by atoms with Crippen molar-refractivity contribution in [3.8, 4) is 0 Å². The first-order valence-electron chi connectivity index (χ1n) is 6.24. The highest BCUT2D eigenvalue weighted by molar-refractivity contribution is 5.69. The van der Waals surface area contributed by atoms with E-state index in [2.05, 4.69) is 65.8 Å². The Balaban J connectivity index is 3.17. The maximum atomic E-state index is 2.33. The fraction of sp³-hybridized carbons (Fsp3) is 0.500. The molecule has 1 rings (SSSR count). The Kier molecular flexibility index (Phi) is 4.35. The number of hydrogen-bond acceptors (Lipinski definition) is 0. The number of benzene rings is 1. The van der Waals surface area contributed by atoms with E-state index >= 15 is 0 Å². The van der Waals surface area contributed by atoms with Crippen LogP contribution in [-0.2, 0) is 0 Å². The van der Waals surface area contributed by atoms with E-state index in [4.69, 9.17) is 0 Å². The molecular weight excluding hydrogens is 192 g/mol. The molecule has 0 fully saturated rings. The van der Waals surface area contributed by atoms with E-state index in [1.165, 1.54) is 22.3 Å². The second kappa shape index (κ2) is 5.34. The third-order valence-electron chi connectivity index (χ3n) is 3.16. The Hall–Kier alpha value is -1.04. The molecule has 0 aromatic heterocycles. The zero-order valence-corrected chi connectivity index (χ0v) is 11.5. The summed E-state index contributed by atoms with van der Waals surface area (Å²) in [5.41, 5.74) is 5.68. The number of rotatable bonds is 3. The summed E-state index contributed by atoms with van der Waals surface area (Å²) >= 11 is 0.